The maximum Gasteiger partial charge on any atom is 0.407 e. The maximum atomic E-state index is 12.7. The minimum Gasteiger partial charge on any atom is -0.508 e. The summed E-state index contributed by atoms with van der Waals surface area (Å²) in [6.45, 7) is -0.235. The summed E-state index contributed by atoms with van der Waals surface area (Å²) in [5.74, 6) is -1.09. The van der Waals surface area contributed by atoms with Crippen molar-refractivity contribution in [3.63, 3.8) is 0 Å². The average molecular weight is 463 g/mol. The van der Waals surface area contributed by atoms with E-state index >= 15 is 0 Å². The minimum atomic E-state index is -0.983. The van der Waals surface area contributed by atoms with E-state index in [9.17, 15) is 19.5 Å². The summed E-state index contributed by atoms with van der Waals surface area (Å²) in [5.41, 5.74) is 2.35. The Balaban J connectivity index is 1.53. The normalized spacial score (nSPS) is 11.2. The second-order valence-corrected chi connectivity index (χ2v) is 7.50. The fourth-order valence-corrected chi connectivity index (χ4v) is 3.06. The quantitative estimate of drug-likeness (QED) is 0.399. The summed E-state index contributed by atoms with van der Waals surface area (Å²) in [6, 6.07) is 23.6. The molecule has 176 valence electrons. The number of carbonyl (C=O) groups is 3. The average Bonchev–Trinajstić information content (AvgIpc) is 2.87. The Morgan fingerprint density at radius 1 is 0.735 bits per heavy atom. The molecule has 3 rings (SSSR count). The van der Waals surface area contributed by atoms with Crippen LogP contribution in [0.5, 0.6) is 5.75 Å². The fraction of sp³-hybridized carbons (Fsp3) is 0.192. The highest BCUT2D eigenvalue weighted by molar-refractivity contribution is 5.87. The van der Waals surface area contributed by atoms with Crippen molar-refractivity contribution in [2.45, 2.75) is 25.7 Å². The number of hydrogen-bond acceptors (Lipinski definition) is 6. The predicted octanol–water partition coefficient (Wildman–Crippen LogP) is 3.09. The Labute approximate surface area is 197 Å². The summed E-state index contributed by atoms with van der Waals surface area (Å²) in [6.07, 6.45) is -0.598. The lowest BCUT2D eigenvalue weighted by atomic mass is 10.1. The molecule has 0 bridgehead atoms. The van der Waals surface area contributed by atoms with E-state index in [-0.39, 0.29) is 31.9 Å². The number of rotatable bonds is 10. The van der Waals surface area contributed by atoms with Crippen LogP contribution in [-0.2, 0) is 38.7 Å². The zero-order valence-electron chi connectivity index (χ0n) is 18.5. The van der Waals surface area contributed by atoms with Gasteiger partial charge in [0.25, 0.3) is 0 Å². The van der Waals surface area contributed by atoms with Gasteiger partial charge in [-0.2, -0.15) is 0 Å². The molecule has 0 saturated carbocycles. The van der Waals surface area contributed by atoms with Gasteiger partial charge in [-0.15, -0.1) is 0 Å². The van der Waals surface area contributed by atoms with E-state index in [1.165, 1.54) is 12.1 Å². The molecule has 0 aliphatic heterocycles. The fourth-order valence-electron chi connectivity index (χ4n) is 3.06. The van der Waals surface area contributed by atoms with Crippen LogP contribution in [0.3, 0.4) is 0 Å². The van der Waals surface area contributed by atoms with Crippen LogP contribution in [-0.4, -0.2) is 35.7 Å². The zero-order valence-corrected chi connectivity index (χ0v) is 18.5. The van der Waals surface area contributed by atoms with Crippen molar-refractivity contribution in [3.05, 3.63) is 102 Å². The molecule has 0 aromatic heterocycles. The number of carbonyl (C=O) groups excluding carboxylic acids is 3. The smallest absolute Gasteiger partial charge is 0.407 e. The van der Waals surface area contributed by atoms with Crippen LogP contribution in [0.2, 0.25) is 0 Å². The van der Waals surface area contributed by atoms with Gasteiger partial charge in [0.1, 0.15) is 31.5 Å². The van der Waals surface area contributed by atoms with Crippen molar-refractivity contribution in [2.75, 3.05) is 6.54 Å². The van der Waals surface area contributed by atoms with Gasteiger partial charge in [-0.25, -0.2) is 9.59 Å². The Kier molecular flexibility index (Phi) is 9.04. The molecule has 34 heavy (non-hydrogen) atoms. The molecule has 2 amide bonds. The third kappa shape index (κ3) is 8.31. The number of phenolic OH excluding ortho intramolecular Hbond substituents is 1. The molecule has 0 aliphatic carbocycles. The van der Waals surface area contributed by atoms with Crippen molar-refractivity contribution < 1.29 is 29.0 Å². The number of hydrogen-bond donors (Lipinski definition) is 3. The molecule has 0 heterocycles. The Morgan fingerprint density at radius 2 is 1.29 bits per heavy atom. The van der Waals surface area contributed by atoms with Crippen molar-refractivity contribution in [3.8, 4) is 5.75 Å². The lowest BCUT2D eigenvalue weighted by molar-refractivity contribution is -0.149. The van der Waals surface area contributed by atoms with Crippen molar-refractivity contribution in [1.29, 1.82) is 0 Å². The third-order valence-corrected chi connectivity index (χ3v) is 4.83. The highest BCUT2D eigenvalue weighted by Gasteiger charge is 2.23. The Hall–Kier alpha value is -4.33. The predicted molar refractivity (Wildman–Crippen MR) is 125 cm³/mol. The van der Waals surface area contributed by atoms with Gasteiger partial charge in [0.05, 0.1) is 0 Å². The number of aromatic hydroxyl groups is 1. The van der Waals surface area contributed by atoms with Crippen molar-refractivity contribution >= 4 is 18.0 Å². The number of amides is 2. The summed E-state index contributed by atoms with van der Waals surface area (Å²) in [7, 11) is 0. The maximum absolute atomic E-state index is 12.7. The summed E-state index contributed by atoms with van der Waals surface area (Å²) < 4.78 is 10.5. The highest BCUT2D eigenvalue weighted by Crippen LogP contribution is 2.12. The van der Waals surface area contributed by atoms with Gasteiger partial charge in [-0.05, 0) is 28.8 Å². The van der Waals surface area contributed by atoms with E-state index in [0.717, 1.165) is 16.7 Å². The molecule has 8 heteroatoms. The zero-order chi connectivity index (χ0) is 24.2. The molecule has 3 aromatic carbocycles. The number of phenols is 1. The number of nitrogens with one attached hydrogen (secondary N) is 2. The third-order valence-electron chi connectivity index (χ3n) is 4.83. The van der Waals surface area contributed by atoms with Crippen LogP contribution in [0.4, 0.5) is 4.79 Å². The molecular weight excluding hydrogens is 436 g/mol. The standard InChI is InChI=1S/C26H26N2O6/c29-22-13-11-19(12-14-22)15-23(25(31)33-17-20-7-3-1-4-8-20)28-24(30)16-27-26(32)34-18-21-9-5-2-6-10-21/h1-14,23,29H,15-18H2,(H,27,32)(H,28,30)/t23-/m1/s1. The van der Waals surface area contributed by atoms with Gasteiger partial charge in [0, 0.05) is 6.42 Å². The second kappa shape index (κ2) is 12.6. The van der Waals surface area contributed by atoms with Gasteiger partial charge in [0.2, 0.25) is 5.91 Å². The number of esters is 1. The lowest BCUT2D eigenvalue weighted by Gasteiger charge is -2.18. The van der Waals surface area contributed by atoms with E-state index in [4.69, 9.17) is 9.47 Å². The molecule has 0 fully saturated rings. The molecule has 8 nitrogen and oxygen atoms in total. The molecule has 3 N–H and O–H groups in total. The minimum absolute atomic E-state index is 0.0612. The Morgan fingerprint density at radius 3 is 1.88 bits per heavy atom. The first-order valence-electron chi connectivity index (χ1n) is 10.7. The molecule has 0 unspecified atom stereocenters. The number of alkyl carbamates (subject to hydrolysis) is 1. The van der Waals surface area contributed by atoms with Crippen LogP contribution in [0.15, 0.2) is 84.9 Å². The number of benzene rings is 3. The van der Waals surface area contributed by atoms with Crippen LogP contribution < -0.4 is 10.6 Å². The van der Waals surface area contributed by atoms with Crippen LogP contribution >= 0.6 is 0 Å². The molecule has 0 saturated heterocycles. The van der Waals surface area contributed by atoms with Crippen molar-refractivity contribution in [2.24, 2.45) is 0 Å². The molecule has 0 radical (unpaired) electrons. The summed E-state index contributed by atoms with van der Waals surface area (Å²) >= 11 is 0. The van der Waals surface area contributed by atoms with Gasteiger partial charge < -0.3 is 25.2 Å². The monoisotopic (exact) mass is 462 g/mol. The van der Waals surface area contributed by atoms with Gasteiger partial charge in [-0.3, -0.25) is 4.79 Å². The molecule has 1 atom stereocenters. The van der Waals surface area contributed by atoms with Gasteiger partial charge in [0.15, 0.2) is 0 Å². The second-order valence-electron chi connectivity index (χ2n) is 7.50. The largest absolute Gasteiger partial charge is 0.508 e. The van der Waals surface area contributed by atoms with Crippen molar-refractivity contribution in [1.82, 2.24) is 10.6 Å². The molecule has 0 spiro atoms. The molecular formula is C26H26N2O6. The van der Waals surface area contributed by atoms with E-state index in [0.29, 0.717) is 0 Å². The SMILES string of the molecule is O=C(CNC(=O)OCc1ccccc1)N[C@H](Cc1ccc(O)cc1)C(=O)OCc1ccccc1. The van der Waals surface area contributed by atoms with E-state index < -0.39 is 24.0 Å². The summed E-state index contributed by atoms with van der Waals surface area (Å²) in [5, 5.41) is 14.4. The van der Waals surface area contributed by atoms with E-state index in [1.54, 1.807) is 12.1 Å². The molecule has 0 aliphatic rings. The number of ether oxygens (including phenoxy) is 2. The van der Waals surface area contributed by atoms with Crippen LogP contribution in [0.25, 0.3) is 0 Å². The van der Waals surface area contributed by atoms with E-state index in [1.807, 2.05) is 60.7 Å². The first-order chi connectivity index (χ1) is 16.5. The van der Waals surface area contributed by atoms with Gasteiger partial charge >= 0.3 is 12.1 Å². The highest BCUT2D eigenvalue weighted by atomic mass is 16.5. The van der Waals surface area contributed by atoms with Gasteiger partial charge in [-0.1, -0.05) is 72.8 Å². The van der Waals surface area contributed by atoms with Crippen LogP contribution in [0.1, 0.15) is 16.7 Å². The van der Waals surface area contributed by atoms with E-state index in [2.05, 4.69) is 10.6 Å². The first kappa shape index (κ1) is 24.3. The summed E-state index contributed by atoms with van der Waals surface area (Å²) in [4.78, 5) is 37.0. The van der Waals surface area contributed by atoms with Crippen LogP contribution in [0, 0.1) is 0 Å². The lowest BCUT2D eigenvalue weighted by Crippen LogP contribution is -2.47. The topological polar surface area (TPSA) is 114 Å². The first-order valence-corrected chi connectivity index (χ1v) is 10.7. The molecule has 3 aromatic rings. The Bertz CT molecular complexity index is 1070.